The van der Waals surface area contributed by atoms with E-state index in [-0.39, 0.29) is 11.3 Å². The largest absolute Gasteiger partial charge is 0.506 e. The quantitative estimate of drug-likeness (QED) is 0.796. The van der Waals surface area contributed by atoms with Gasteiger partial charge >= 0.3 is 5.97 Å². The second-order valence-corrected chi connectivity index (χ2v) is 6.24. The van der Waals surface area contributed by atoms with Crippen LogP contribution in [0.3, 0.4) is 0 Å². The lowest BCUT2D eigenvalue weighted by atomic mass is 10.2. The summed E-state index contributed by atoms with van der Waals surface area (Å²) in [6.07, 6.45) is 1.68. The smallest absolute Gasteiger partial charge is 0.341 e. The Morgan fingerprint density at radius 2 is 2.35 bits per heavy atom. The lowest BCUT2D eigenvalue weighted by molar-refractivity contribution is 0.0597. The number of hydrogen-bond donors (Lipinski definition) is 2. The van der Waals surface area contributed by atoms with E-state index >= 15 is 0 Å². The number of rotatable bonds is 4. The predicted octanol–water partition coefficient (Wildman–Crippen LogP) is 3.66. The number of ether oxygens (including phenoxy) is 1. The molecule has 0 saturated carbocycles. The molecule has 0 unspecified atom stereocenters. The fourth-order valence-corrected chi connectivity index (χ4v) is 2.93. The molecule has 2 N–H and O–H groups in total. The minimum Gasteiger partial charge on any atom is -0.506 e. The summed E-state index contributed by atoms with van der Waals surface area (Å²) < 4.78 is 5.46. The van der Waals surface area contributed by atoms with Gasteiger partial charge in [0.1, 0.15) is 11.3 Å². The van der Waals surface area contributed by atoms with Gasteiger partial charge in [0.25, 0.3) is 0 Å². The molecule has 0 aliphatic carbocycles. The van der Waals surface area contributed by atoms with Gasteiger partial charge in [-0.25, -0.2) is 9.78 Å². The third-order valence-corrected chi connectivity index (χ3v) is 4.42. The SMILES string of the molecule is COC(=O)c1ccc(NCc2cnc(Cl)s2)c(Br)c1O. The zero-order valence-corrected chi connectivity index (χ0v) is 13.5. The number of anilines is 1. The third kappa shape index (κ3) is 3.23. The van der Waals surface area contributed by atoms with Crippen LogP contribution in [-0.2, 0) is 11.3 Å². The number of hydrogen-bond acceptors (Lipinski definition) is 6. The maximum atomic E-state index is 11.4. The molecule has 106 valence electrons. The Balaban J connectivity index is 2.17. The van der Waals surface area contributed by atoms with Crippen molar-refractivity contribution in [3.63, 3.8) is 0 Å². The lowest BCUT2D eigenvalue weighted by Gasteiger charge is -2.11. The van der Waals surface area contributed by atoms with Gasteiger partial charge in [-0.15, -0.1) is 11.3 Å². The fourth-order valence-electron chi connectivity index (χ4n) is 1.52. The number of carbonyl (C=O) groups is 1. The number of carbonyl (C=O) groups excluding carboxylic acids is 1. The normalized spacial score (nSPS) is 10.3. The number of phenols is 1. The summed E-state index contributed by atoms with van der Waals surface area (Å²) in [5.74, 6) is -0.756. The van der Waals surface area contributed by atoms with E-state index in [0.717, 1.165) is 4.88 Å². The van der Waals surface area contributed by atoms with Crippen LogP contribution in [0.1, 0.15) is 15.2 Å². The molecule has 0 spiro atoms. The van der Waals surface area contributed by atoms with Crippen molar-refractivity contribution in [2.45, 2.75) is 6.54 Å². The molecule has 2 rings (SSSR count). The van der Waals surface area contributed by atoms with Crippen LogP contribution in [-0.4, -0.2) is 23.2 Å². The standard InChI is InChI=1S/C12H10BrClN2O3S/c1-19-11(18)7-2-3-8(9(13)10(7)17)15-4-6-5-16-12(14)20-6/h2-3,5,15,17H,4H2,1H3. The number of aromatic nitrogens is 1. The summed E-state index contributed by atoms with van der Waals surface area (Å²) in [6.45, 7) is 0.514. The van der Waals surface area contributed by atoms with Crippen molar-refractivity contribution in [3.05, 3.63) is 37.7 Å². The van der Waals surface area contributed by atoms with Gasteiger partial charge in [0.05, 0.1) is 23.8 Å². The number of nitrogens with zero attached hydrogens (tertiary/aromatic N) is 1. The van der Waals surface area contributed by atoms with Gasteiger partial charge < -0.3 is 15.2 Å². The van der Waals surface area contributed by atoms with Crippen LogP contribution in [0.5, 0.6) is 5.75 Å². The van der Waals surface area contributed by atoms with E-state index in [9.17, 15) is 9.90 Å². The highest BCUT2D eigenvalue weighted by atomic mass is 79.9. The van der Waals surface area contributed by atoms with Crippen LogP contribution < -0.4 is 5.32 Å². The number of thiazole rings is 1. The van der Waals surface area contributed by atoms with Crippen LogP contribution in [0.15, 0.2) is 22.8 Å². The van der Waals surface area contributed by atoms with Gasteiger partial charge in [-0.05, 0) is 28.1 Å². The average Bonchev–Trinajstić information content (AvgIpc) is 2.85. The number of aromatic hydroxyl groups is 1. The van der Waals surface area contributed by atoms with E-state index in [1.165, 1.54) is 24.5 Å². The topological polar surface area (TPSA) is 71.5 Å². The van der Waals surface area contributed by atoms with E-state index in [4.69, 9.17) is 11.6 Å². The molecular weight excluding hydrogens is 368 g/mol. The van der Waals surface area contributed by atoms with Gasteiger partial charge in [-0.2, -0.15) is 0 Å². The molecule has 0 amide bonds. The average molecular weight is 378 g/mol. The fraction of sp³-hybridized carbons (Fsp3) is 0.167. The van der Waals surface area contributed by atoms with Gasteiger partial charge in [0, 0.05) is 11.1 Å². The maximum Gasteiger partial charge on any atom is 0.341 e. The Bertz CT molecular complexity index is 648. The third-order valence-electron chi connectivity index (χ3n) is 2.50. The zero-order valence-electron chi connectivity index (χ0n) is 10.3. The summed E-state index contributed by atoms with van der Waals surface area (Å²) in [4.78, 5) is 16.3. The highest BCUT2D eigenvalue weighted by Crippen LogP contribution is 2.35. The first-order chi connectivity index (χ1) is 9.52. The molecular formula is C12H10BrClN2O3S. The molecule has 8 heteroatoms. The Kier molecular flexibility index (Phi) is 4.85. The van der Waals surface area contributed by atoms with Gasteiger partial charge in [0.2, 0.25) is 0 Å². The zero-order chi connectivity index (χ0) is 14.7. The molecule has 0 aliphatic rings. The molecule has 1 heterocycles. The predicted molar refractivity (Wildman–Crippen MR) is 81.6 cm³/mol. The highest BCUT2D eigenvalue weighted by molar-refractivity contribution is 9.10. The number of phenolic OH excluding ortho intramolecular Hbond substituents is 1. The number of nitrogens with one attached hydrogen (secondary N) is 1. The van der Waals surface area contributed by atoms with Crippen molar-refractivity contribution in [1.82, 2.24) is 4.98 Å². The van der Waals surface area contributed by atoms with Gasteiger partial charge in [-0.3, -0.25) is 0 Å². The minimum atomic E-state index is -0.594. The summed E-state index contributed by atoms with van der Waals surface area (Å²) >= 11 is 10.4. The molecule has 2 aromatic rings. The van der Waals surface area contributed by atoms with E-state index in [1.54, 1.807) is 12.3 Å². The molecule has 0 saturated heterocycles. The second-order valence-electron chi connectivity index (χ2n) is 3.75. The minimum absolute atomic E-state index is 0.103. The van der Waals surface area contributed by atoms with Crippen molar-refractivity contribution in [2.75, 3.05) is 12.4 Å². The Hall–Kier alpha value is -1.31. The second kappa shape index (κ2) is 6.43. The molecule has 0 bridgehead atoms. The van der Waals surface area contributed by atoms with Crippen LogP contribution in [0.4, 0.5) is 5.69 Å². The number of esters is 1. The summed E-state index contributed by atoms with van der Waals surface area (Å²) in [5.41, 5.74) is 0.755. The molecule has 0 radical (unpaired) electrons. The monoisotopic (exact) mass is 376 g/mol. The van der Waals surface area contributed by atoms with Crippen LogP contribution >= 0.6 is 38.9 Å². The van der Waals surface area contributed by atoms with Gasteiger partial charge in [-0.1, -0.05) is 11.6 Å². The summed E-state index contributed by atoms with van der Waals surface area (Å²) in [6, 6.07) is 3.17. The van der Waals surface area contributed by atoms with Crippen LogP contribution in [0.25, 0.3) is 0 Å². The molecule has 20 heavy (non-hydrogen) atoms. The van der Waals surface area contributed by atoms with Crippen molar-refractivity contribution < 1.29 is 14.6 Å². The molecule has 1 aromatic carbocycles. The molecule has 1 aromatic heterocycles. The number of halogens is 2. The molecule has 5 nitrogen and oxygen atoms in total. The lowest BCUT2D eigenvalue weighted by Crippen LogP contribution is -2.04. The first-order valence-corrected chi connectivity index (χ1v) is 7.45. The Morgan fingerprint density at radius 1 is 1.60 bits per heavy atom. The van der Waals surface area contributed by atoms with Crippen molar-refractivity contribution in [1.29, 1.82) is 0 Å². The summed E-state index contributed by atoms with van der Waals surface area (Å²) in [5, 5.41) is 13.1. The number of methoxy groups -OCH3 is 1. The first kappa shape index (κ1) is 15.1. The molecule has 0 atom stereocenters. The Morgan fingerprint density at radius 3 is 2.95 bits per heavy atom. The van der Waals surface area contributed by atoms with E-state index < -0.39 is 5.97 Å². The van der Waals surface area contributed by atoms with E-state index in [0.29, 0.717) is 21.2 Å². The first-order valence-electron chi connectivity index (χ1n) is 5.46. The van der Waals surface area contributed by atoms with Crippen LogP contribution in [0, 0.1) is 0 Å². The summed E-state index contributed by atoms with van der Waals surface area (Å²) in [7, 11) is 1.26. The number of benzene rings is 1. The van der Waals surface area contributed by atoms with Crippen LogP contribution in [0.2, 0.25) is 4.47 Å². The van der Waals surface area contributed by atoms with Crippen molar-refractivity contribution in [2.24, 2.45) is 0 Å². The van der Waals surface area contributed by atoms with Crippen molar-refractivity contribution >= 4 is 50.5 Å². The highest BCUT2D eigenvalue weighted by Gasteiger charge is 2.16. The van der Waals surface area contributed by atoms with E-state index in [1.807, 2.05) is 0 Å². The van der Waals surface area contributed by atoms with E-state index in [2.05, 4.69) is 31.0 Å². The molecule has 0 fully saturated rings. The van der Waals surface area contributed by atoms with Gasteiger partial charge in [0.15, 0.2) is 4.47 Å². The van der Waals surface area contributed by atoms with Crippen molar-refractivity contribution in [3.8, 4) is 5.75 Å². The maximum absolute atomic E-state index is 11.4. The molecule has 0 aliphatic heterocycles. The Labute approximate surface area is 132 Å².